The van der Waals surface area contributed by atoms with Gasteiger partial charge in [0.05, 0.1) is 11.6 Å². The van der Waals surface area contributed by atoms with Crippen molar-refractivity contribution < 1.29 is 8.78 Å². The van der Waals surface area contributed by atoms with E-state index in [-0.39, 0.29) is 24.2 Å². The van der Waals surface area contributed by atoms with Crippen LogP contribution >= 0.6 is 0 Å². The number of halogens is 2. The lowest BCUT2D eigenvalue weighted by Crippen LogP contribution is -2.44. The number of alkyl halides is 2. The van der Waals surface area contributed by atoms with Crippen LogP contribution in [0.25, 0.3) is 10.8 Å². The molecule has 0 radical (unpaired) electrons. The van der Waals surface area contributed by atoms with Crippen molar-refractivity contribution in [1.29, 1.82) is 0 Å². The minimum atomic E-state index is -2.66. The maximum Gasteiger partial charge on any atom is 0.259 e. The molecule has 4 rings (SSSR count). The van der Waals surface area contributed by atoms with Crippen LogP contribution in [0.15, 0.2) is 41.7 Å². The fraction of sp³-hybridized carbons (Fsp3) is 0.250. The number of anilines is 3. The average Bonchev–Trinajstić information content (AvgIpc) is 2.54. The summed E-state index contributed by atoms with van der Waals surface area (Å²) in [6, 6.07) is 3.00. The maximum absolute atomic E-state index is 13.1. The third kappa shape index (κ3) is 3.12. The van der Waals surface area contributed by atoms with Gasteiger partial charge in [0.15, 0.2) is 0 Å². The van der Waals surface area contributed by atoms with Crippen LogP contribution in [-0.2, 0) is 0 Å². The minimum absolute atomic E-state index is 0.270. The topological polar surface area (TPSA) is 95.6 Å². The molecule has 3 N–H and O–H groups in total. The first kappa shape index (κ1) is 15.4. The van der Waals surface area contributed by atoms with E-state index in [1.54, 1.807) is 18.3 Å². The fourth-order valence-electron chi connectivity index (χ4n) is 2.83. The van der Waals surface area contributed by atoms with E-state index in [2.05, 4.69) is 30.6 Å². The molecule has 0 amide bonds. The number of aromatic nitrogens is 4. The molecule has 0 saturated heterocycles. The van der Waals surface area contributed by atoms with E-state index >= 15 is 0 Å². The van der Waals surface area contributed by atoms with Gasteiger partial charge in [-0.05, 0) is 17.5 Å². The van der Waals surface area contributed by atoms with E-state index < -0.39 is 12.0 Å². The summed E-state index contributed by atoms with van der Waals surface area (Å²) < 4.78 is 26.2. The molecule has 1 fully saturated rings. The van der Waals surface area contributed by atoms with Crippen LogP contribution in [0.3, 0.4) is 0 Å². The Morgan fingerprint density at radius 3 is 2.80 bits per heavy atom. The molecule has 1 saturated carbocycles. The second kappa shape index (κ2) is 5.76. The number of H-pyrrole nitrogens is 1. The highest BCUT2D eigenvalue weighted by Crippen LogP contribution is 2.39. The van der Waals surface area contributed by atoms with Crippen LogP contribution in [0.5, 0.6) is 0 Å². The molecule has 1 aliphatic carbocycles. The highest BCUT2D eigenvalue weighted by Gasteiger charge is 2.45. The van der Waals surface area contributed by atoms with Crippen molar-refractivity contribution >= 4 is 28.2 Å². The van der Waals surface area contributed by atoms with Crippen molar-refractivity contribution in [2.45, 2.75) is 24.8 Å². The van der Waals surface area contributed by atoms with Gasteiger partial charge >= 0.3 is 0 Å². The van der Waals surface area contributed by atoms with Gasteiger partial charge in [-0.1, -0.05) is 0 Å². The van der Waals surface area contributed by atoms with Crippen LogP contribution in [0.1, 0.15) is 12.8 Å². The van der Waals surface area contributed by atoms with Crippen molar-refractivity contribution in [3.05, 3.63) is 47.3 Å². The second-order valence-corrected chi connectivity index (χ2v) is 5.95. The summed E-state index contributed by atoms with van der Waals surface area (Å²) in [5, 5.41) is 6.93. The van der Waals surface area contributed by atoms with Gasteiger partial charge in [-0.25, -0.2) is 18.7 Å². The van der Waals surface area contributed by atoms with E-state index in [1.807, 2.05) is 0 Å². The van der Waals surface area contributed by atoms with Crippen molar-refractivity contribution in [1.82, 2.24) is 19.9 Å². The molecule has 0 unspecified atom stereocenters. The predicted octanol–water partition coefficient (Wildman–Crippen LogP) is 2.67. The molecule has 9 heteroatoms. The van der Waals surface area contributed by atoms with Gasteiger partial charge in [0.1, 0.15) is 17.5 Å². The van der Waals surface area contributed by atoms with Crippen molar-refractivity contribution in [2.24, 2.45) is 0 Å². The molecular formula is C16H14F2N6O. The van der Waals surface area contributed by atoms with E-state index in [0.717, 1.165) is 0 Å². The Balaban J connectivity index is 1.72. The number of pyridine rings is 2. The van der Waals surface area contributed by atoms with Gasteiger partial charge in [0.25, 0.3) is 11.5 Å². The molecule has 7 nitrogen and oxygen atoms in total. The lowest BCUT2D eigenvalue weighted by Gasteiger charge is -2.35. The van der Waals surface area contributed by atoms with Gasteiger partial charge < -0.3 is 15.6 Å². The maximum atomic E-state index is 13.1. The SMILES string of the molecule is O=c1[nH]ccc2cc(Nc3cnccn3)nc(NC3CC(F)(F)C3)c12. The first-order valence-electron chi connectivity index (χ1n) is 7.70. The quantitative estimate of drug-likeness (QED) is 0.673. The number of hydrogen-bond acceptors (Lipinski definition) is 6. The summed E-state index contributed by atoms with van der Waals surface area (Å²) in [6.07, 6.45) is 5.58. The molecule has 1 aliphatic rings. The minimum Gasteiger partial charge on any atom is -0.366 e. The summed E-state index contributed by atoms with van der Waals surface area (Å²) in [5.41, 5.74) is -0.329. The molecule has 3 aromatic rings. The summed E-state index contributed by atoms with van der Waals surface area (Å²) >= 11 is 0. The van der Waals surface area contributed by atoms with E-state index in [4.69, 9.17) is 0 Å². The molecule has 0 spiro atoms. The van der Waals surface area contributed by atoms with Gasteiger partial charge in [0, 0.05) is 37.5 Å². The molecule has 128 valence electrons. The number of rotatable bonds is 4. The number of hydrogen-bond donors (Lipinski definition) is 3. The van der Waals surface area contributed by atoms with Crippen molar-refractivity contribution in [2.75, 3.05) is 10.6 Å². The molecule has 0 aromatic carbocycles. The third-order valence-corrected chi connectivity index (χ3v) is 4.00. The van der Waals surface area contributed by atoms with Crippen LogP contribution in [-0.4, -0.2) is 31.9 Å². The lowest BCUT2D eigenvalue weighted by molar-refractivity contribution is -0.0793. The Kier molecular flexibility index (Phi) is 3.56. The highest BCUT2D eigenvalue weighted by atomic mass is 19.3. The number of aromatic amines is 1. The largest absolute Gasteiger partial charge is 0.366 e. The predicted molar refractivity (Wildman–Crippen MR) is 89.3 cm³/mol. The van der Waals surface area contributed by atoms with Gasteiger partial charge in [0.2, 0.25) is 0 Å². The van der Waals surface area contributed by atoms with Gasteiger partial charge in [-0.2, -0.15) is 0 Å². The van der Waals surface area contributed by atoms with Crippen LogP contribution in [0.2, 0.25) is 0 Å². The van der Waals surface area contributed by atoms with E-state index in [1.165, 1.54) is 18.6 Å². The van der Waals surface area contributed by atoms with Gasteiger partial charge in [-0.3, -0.25) is 9.78 Å². The molecular weight excluding hydrogens is 330 g/mol. The zero-order valence-corrected chi connectivity index (χ0v) is 13.0. The van der Waals surface area contributed by atoms with Crippen molar-refractivity contribution in [3.63, 3.8) is 0 Å². The Labute approximate surface area is 140 Å². The highest BCUT2D eigenvalue weighted by molar-refractivity contribution is 5.93. The molecule has 25 heavy (non-hydrogen) atoms. The zero-order chi connectivity index (χ0) is 17.4. The van der Waals surface area contributed by atoms with Gasteiger partial charge in [-0.15, -0.1) is 0 Å². The standard InChI is InChI=1S/C16H14F2N6O/c17-16(18)6-10(7-16)22-14-13-9(1-2-21-15(13)25)5-11(24-14)23-12-8-19-3-4-20-12/h1-5,8,10H,6-7H2,(H,21,25)(H2,20,22,23,24). The lowest BCUT2D eigenvalue weighted by atomic mass is 9.88. The first-order chi connectivity index (χ1) is 12.0. The average molecular weight is 344 g/mol. The van der Waals surface area contributed by atoms with E-state index in [0.29, 0.717) is 22.4 Å². The summed E-state index contributed by atoms with van der Waals surface area (Å²) in [6.45, 7) is 0. The molecule has 0 aliphatic heterocycles. The van der Waals surface area contributed by atoms with E-state index in [9.17, 15) is 13.6 Å². The summed E-state index contributed by atoms with van der Waals surface area (Å²) in [5.74, 6) is -1.46. The zero-order valence-electron chi connectivity index (χ0n) is 13.0. The normalized spacial score (nSPS) is 16.4. The number of fused-ring (bicyclic) bond motifs is 1. The number of nitrogens with one attached hydrogen (secondary N) is 3. The molecule has 0 bridgehead atoms. The Morgan fingerprint density at radius 2 is 2.08 bits per heavy atom. The van der Waals surface area contributed by atoms with Crippen LogP contribution in [0, 0.1) is 0 Å². The molecule has 3 aromatic heterocycles. The van der Waals surface area contributed by atoms with Crippen LogP contribution in [0.4, 0.5) is 26.2 Å². The third-order valence-electron chi connectivity index (χ3n) is 4.00. The monoisotopic (exact) mass is 344 g/mol. The number of nitrogens with zero attached hydrogens (tertiary/aromatic N) is 3. The molecule has 3 heterocycles. The summed E-state index contributed by atoms with van der Waals surface area (Å²) in [4.78, 5) is 27.2. The van der Waals surface area contributed by atoms with Crippen LogP contribution < -0.4 is 16.2 Å². The Morgan fingerprint density at radius 1 is 1.24 bits per heavy atom. The first-order valence-corrected chi connectivity index (χ1v) is 7.70. The second-order valence-electron chi connectivity index (χ2n) is 5.95. The molecule has 0 atom stereocenters. The smallest absolute Gasteiger partial charge is 0.259 e. The Hall–Kier alpha value is -3.10. The van der Waals surface area contributed by atoms with Crippen molar-refractivity contribution in [3.8, 4) is 0 Å². The Bertz CT molecular complexity index is 967. The summed E-state index contributed by atoms with van der Waals surface area (Å²) in [7, 11) is 0. The fourth-order valence-corrected chi connectivity index (χ4v) is 2.83.